The maximum Gasteiger partial charge on any atom is 0.220 e. The van der Waals surface area contributed by atoms with Crippen molar-refractivity contribution in [1.29, 1.82) is 0 Å². The van der Waals surface area contributed by atoms with Gasteiger partial charge in [0.25, 0.3) is 0 Å². The monoisotopic (exact) mass is 490 g/mol. The Labute approximate surface area is 179 Å². The number of aliphatic imine (C=N–C) groups is 1. The van der Waals surface area contributed by atoms with E-state index in [0.717, 1.165) is 17.5 Å². The lowest BCUT2D eigenvalue weighted by Crippen LogP contribution is -2.42. The molecule has 1 aliphatic carbocycles. The SMILES string of the molecule is CN=C(NCCNC(=O)CC1CCCC1)NCCc1ccc(F)cc1C.I. The molecule has 0 spiro atoms. The number of halogens is 2. The Bertz CT molecular complexity index is 618. The molecule has 0 saturated heterocycles. The van der Waals surface area contributed by atoms with E-state index < -0.39 is 0 Å². The fourth-order valence-electron chi connectivity index (χ4n) is 3.41. The standard InChI is InChI=1S/C20H31FN4O.HI/c1-15-13-18(21)8-7-17(15)9-10-24-20(22-2)25-12-11-23-19(26)14-16-5-3-4-6-16;/h7-8,13,16H,3-6,9-12,14H2,1-2H3,(H,23,26)(H2,22,24,25);1H. The number of nitrogens with one attached hydrogen (secondary N) is 3. The summed E-state index contributed by atoms with van der Waals surface area (Å²) in [4.78, 5) is 16.1. The van der Waals surface area contributed by atoms with Crippen LogP contribution in [0.2, 0.25) is 0 Å². The van der Waals surface area contributed by atoms with E-state index in [2.05, 4.69) is 20.9 Å². The van der Waals surface area contributed by atoms with Crippen molar-refractivity contribution in [3.63, 3.8) is 0 Å². The van der Waals surface area contributed by atoms with Gasteiger partial charge in [-0.15, -0.1) is 24.0 Å². The lowest BCUT2D eigenvalue weighted by molar-refractivity contribution is -0.121. The van der Waals surface area contributed by atoms with Crippen LogP contribution in [0.3, 0.4) is 0 Å². The Hall–Kier alpha value is -1.38. The first-order chi connectivity index (χ1) is 12.6. The summed E-state index contributed by atoms with van der Waals surface area (Å²) in [7, 11) is 1.72. The highest BCUT2D eigenvalue weighted by atomic mass is 127. The van der Waals surface area contributed by atoms with Crippen molar-refractivity contribution in [1.82, 2.24) is 16.0 Å². The van der Waals surface area contributed by atoms with Crippen LogP contribution in [0.1, 0.15) is 43.2 Å². The van der Waals surface area contributed by atoms with Crippen molar-refractivity contribution in [3.05, 3.63) is 35.1 Å². The van der Waals surface area contributed by atoms with Crippen LogP contribution in [0, 0.1) is 18.7 Å². The summed E-state index contributed by atoms with van der Waals surface area (Å²) in [5.41, 5.74) is 2.08. The van der Waals surface area contributed by atoms with Crippen molar-refractivity contribution in [2.75, 3.05) is 26.7 Å². The van der Waals surface area contributed by atoms with Gasteiger partial charge in [0.05, 0.1) is 0 Å². The van der Waals surface area contributed by atoms with E-state index in [9.17, 15) is 9.18 Å². The highest BCUT2D eigenvalue weighted by Crippen LogP contribution is 2.27. The van der Waals surface area contributed by atoms with Crippen LogP contribution in [0.15, 0.2) is 23.2 Å². The van der Waals surface area contributed by atoms with Crippen LogP contribution in [0.5, 0.6) is 0 Å². The van der Waals surface area contributed by atoms with E-state index in [4.69, 9.17) is 0 Å². The van der Waals surface area contributed by atoms with Crippen molar-refractivity contribution in [2.24, 2.45) is 10.9 Å². The normalized spacial score (nSPS) is 14.6. The van der Waals surface area contributed by atoms with Crippen LogP contribution in [0.25, 0.3) is 0 Å². The van der Waals surface area contributed by atoms with Gasteiger partial charge in [-0.3, -0.25) is 9.79 Å². The zero-order valence-corrected chi connectivity index (χ0v) is 18.6. The summed E-state index contributed by atoms with van der Waals surface area (Å²) in [5, 5.41) is 9.40. The number of hydrogen-bond acceptors (Lipinski definition) is 2. The predicted octanol–water partition coefficient (Wildman–Crippen LogP) is 3.16. The molecule has 0 bridgehead atoms. The van der Waals surface area contributed by atoms with E-state index in [0.29, 0.717) is 37.9 Å². The summed E-state index contributed by atoms with van der Waals surface area (Å²) >= 11 is 0. The Balaban J connectivity index is 0.00000364. The minimum absolute atomic E-state index is 0. The maximum atomic E-state index is 13.1. The average Bonchev–Trinajstić information content (AvgIpc) is 3.11. The summed E-state index contributed by atoms with van der Waals surface area (Å²) in [6.07, 6.45) is 6.36. The minimum Gasteiger partial charge on any atom is -0.356 e. The highest BCUT2D eigenvalue weighted by molar-refractivity contribution is 14.0. The molecule has 2 rings (SSSR count). The second-order valence-electron chi connectivity index (χ2n) is 6.95. The number of amides is 1. The number of nitrogens with zero attached hydrogens (tertiary/aromatic N) is 1. The summed E-state index contributed by atoms with van der Waals surface area (Å²) in [6.45, 7) is 3.84. The van der Waals surface area contributed by atoms with Gasteiger partial charge in [0, 0.05) is 33.1 Å². The maximum absolute atomic E-state index is 13.1. The van der Waals surface area contributed by atoms with Gasteiger partial charge in [-0.05, 0) is 55.4 Å². The zero-order chi connectivity index (χ0) is 18.8. The van der Waals surface area contributed by atoms with Crippen LogP contribution < -0.4 is 16.0 Å². The molecule has 0 aliphatic heterocycles. The number of carbonyl (C=O) groups is 1. The zero-order valence-electron chi connectivity index (χ0n) is 16.3. The second kappa shape index (κ2) is 12.9. The summed E-state index contributed by atoms with van der Waals surface area (Å²) < 4.78 is 13.1. The fraction of sp³-hybridized carbons (Fsp3) is 0.600. The third kappa shape index (κ3) is 8.90. The van der Waals surface area contributed by atoms with Gasteiger partial charge in [0.1, 0.15) is 5.82 Å². The third-order valence-corrected chi connectivity index (χ3v) is 4.90. The lowest BCUT2D eigenvalue weighted by Gasteiger charge is -2.14. The van der Waals surface area contributed by atoms with Gasteiger partial charge in [0.15, 0.2) is 5.96 Å². The molecule has 5 nitrogen and oxygen atoms in total. The van der Waals surface area contributed by atoms with Crippen molar-refractivity contribution in [3.8, 4) is 0 Å². The molecule has 0 radical (unpaired) electrons. The number of rotatable bonds is 8. The average molecular weight is 490 g/mol. The molecule has 1 saturated carbocycles. The summed E-state index contributed by atoms with van der Waals surface area (Å²) in [5.74, 6) is 1.22. The molecule has 1 aromatic rings. The first-order valence-electron chi connectivity index (χ1n) is 9.54. The highest BCUT2D eigenvalue weighted by Gasteiger charge is 2.17. The van der Waals surface area contributed by atoms with Gasteiger partial charge in [-0.25, -0.2) is 4.39 Å². The number of aryl methyl sites for hydroxylation is 1. The first kappa shape index (κ1) is 23.7. The predicted molar refractivity (Wildman–Crippen MR) is 119 cm³/mol. The van der Waals surface area contributed by atoms with Crippen LogP contribution in [-0.2, 0) is 11.2 Å². The van der Waals surface area contributed by atoms with Gasteiger partial charge in [-0.2, -0.15) is 0 Å². The molecule has 0 heterocycles. The number of benzene rings is 1. The van der Waals surface area contributed by atoms with Gasteiger partial charge in [-0.1, -0.05) is 18.9 Å². The third-order valence-electron chi connectivity index (χ3n) is 4.90. The quantitative estimate of drug-likeness (QED) is 0.227. The Morgan fingerprint density at radius 3 is 2.48 bits per heavy atom. The molecule has 1 aromatic carbocycles. The molecular weight excluding hydrogens is 458 g/mol. The Morgan fingerprint density at radius 1 is 1.15 bits per heavy atom. The molecule has 1 fully saturated rings. The molecule has 7 heteroatoms. The van der Waals surface area contributed by atoms with E-state index in [-0.39, 0.29) is 35.7 Å². The number of hydrogen-bond donors (Lipinski definition) is 3. The minimum atomic E-state index is -0.202. The van der Waals surface area contributed by atoms with Crippen LogP contribution >= 0.6 is 24.0 Å². The molecule has 1 amide bonds. The molecule has 0 unspecified atom stereocenters. The van der Waals surface area contributed by atoms with Crippen LogP contribution in [-0.4, -0.2) is 38.5 Å². The van der Waals surface area contributed by atoms with E-state index in [1.54, 1.807) is 13.1 Å². The first-order valence-corrected chi connectivity index (χ1v) is 9.54. The van der Waals surface area contributed by atoms with Gasteiger partial charge < -0.3 is 16.0 Å². The van der Waals surface area contributed by atoms with Gasteiger partial charge in [0.2, 0.25) is 5.91 Å². The van der Waals surface area contributed by atoms with Gasteiger partial charge >= 0.3 is 0 Å². The van der Waals surface area contributed by atoms with E-state index in [1.807, 2.05) is 13.0 Å². The van der Waals surface area contributed by atoms with E-state index in [1.165, 1.54) is 31.7 Å². The number of carbonyl (C=O) groups excluding carboxylic acids is 1. The van der Waals surface area contributed by atoms with Crippen molar-refractivity contribution in [2.45, 2.75) is 45.4 Å². The van der Waals surface area contributed by atoms with Crippen LogP contribution in [0.4, 0.5) is 4.39 Å². The summed E-state index contributed by atoms with van der Waals surface area (Å²) in [6, 6.07) is 4.86. The number of guanidine groups is 1. The smallest absolute Gasteiger partial charge is 0.220 e. The molecule has 27 heavy (non-hydrogen) atoms. The largest absolute Gasteiger partial charge is 0.356 e. The Morgan fingerprint density at radius 2 is 1.81 bits per heavy atom. The topological polar surface area (TPSA) is 65.5 Å². The molecular formula is C20H32FIN4O. The Kier molecular flexibility index (Phi) is 11.3. The fourth-order valence-corrected chi connectivity index (χ4v) is 3.41. The molecule has 1 aliphatic rings. The van der Waals surface area contributed by atoms with Crippen molar-refractivity contribution < 1.29 is 9.18 Å². The molecule has 0 atom stereocenters. The van der Waals surface area contributed by atoms with E-state index >= 15 is 0 Å². The molecule has 3 N–H and O–H groups in total. The lowest BCUT2D eigenvalue weighted by atomic mass is 10.0. The van der Waals surface area contributed by atoms with Crippen molar-refractivity contribution >= 4 is 35.8 Å². The molecule has 152 valence electrons. The second-order valence-corrected chi connectivity index (χ2v) is 6.95. The molecule has 0 aromatic heterocycles.